The molecule has 4 nitrogen and oxygen atoms in total. The fourth-order valence-corrected chi connectivity index (χ4v) is 2.15. The molecule has 0 spiro atoms. The lowest BCUT2D eigenvalue weighted by Gasteiger charge is -2.23. The van der Waals surface area contributed by atoms with Gasteiger partial charge in [0.25, 0.3) is 0 Å². The summed E-state index contributed by atoms with van der Waals surface area (Å²) in [6.45, 7) is 10.3. The van der Waals surface area contributed by atoms with Crippen LogP contribution >= 0.6 is 0 Å². The zero-order valence-electron chi connectivity index (χ0n) is 11.7. The second-order valence-electron chi connectivity index (χ2n) is 4.75. The van der Waals surface area contributed by atoms with Crippen LogP contribution in [0.25, 0.3) is 0 Å². The number of nitrogens with one attached hydrogen (secondary N) is 1. The molecule has 98 valence electrons. The monoisotopic (exact) mass is 239 g/mol. The molecule has 0 saturated heterocycles. The third-order valence-corrected chi connectivity index (χ3v) is 2.99. The Morgan fingerprint density at radius 1 is 1.47 bits per heavy atom. The van der Waals surface area contributed by atoms with E-state index in [9.17, 15) is 0 Å². The fraction of sp³-hybridized carbons (Fsp3) is 0.769. The summed E-state index contributed by atoms with van der Waals surface area (Å²) in [6.07, 6.45) is 3.25. The number of methoxy groups -OCH3 is 1. The fourth-order valence-electron chi connectivity index (χ4n) is 2.15. The van der Waals surface area contributed by atoms with E-state index in [1.54, 1.807) is 7.11 Å². The van der Waals surface area contributed by atoms with E-state index in [1.165, 1.54) is 0 Å². The van der Waals surface area contributed by atoms with E-state index in [1.807, 2.05) is 6.92 Å². The Morgan fingerprint density at radius 2 is 2.18 bits per heavy atom. The van der Waals surface area contributed by atoms with Crippen molar-refractivity contribution in [1.29, 1.82) is 0 Å². The van der Waals surface area contributed by atoms with E-state index < -0.39 is 0 Å². The third kappa shape index (κ3) is 3.73. The van der Waals surface area contributed by atoms with E-state index in [2.05, 4.69) is 41.8 Å². The van der Waals surface area contributed by atoms with Crippen LogP contribution < -0.4 is 5.32 Å². The third-order valence-electron chi connectivity index (χ3n) is 2.99. The lowest BCUT2D eigenvalue weighted by Crippen LogP contribution is -2.18. The Labute approximate surface area is 104 Å². The van der Waals surface area contributed by atoms with E-state index in [0.29, 0.717) is 18.6 Å². The van der Waals surface area contributed by atoms with Gasteiger partial charge in [-0.25, -0.2) is 4.98 Å². The predicted molar refractivity (Wildman–Crippen MR) is 71.5 cm³/mol. The summed E-state index contributed by atoms with van der Waals surface area (Å²) in [5, 5.41) is 3.33. The van der Waals surface area contributed by atoms with Gasteiger partial charge in [0.1, 0.15) is 0 Å². The van der Waals surface area contributed by atoms with E-state index >= 15 is 0 Å². The van der Waals surface area contributed by atoms with E-state index in [0.717, 1.165) is 24.6 Å². The van der Waals surface area contributed by atoms with Gasteiger partial charge < -0.3 is 14.6 Å². The molecular weight excluding hydrogens is 214 g/mol. The summed E-state index contributed by atoms with van der Waals surface area (Å²) < 4.78 is 7.30. The number of hydrogen-bond donors (Lipinski definition) is 1. The molecule has 1 N–H and O–H groups in total. The van der Waals surface area contributed by atoms with Gasteiger partial charge in [0.15, 0.2) is 0 Å². The molecule has 0 amide bonds. The van der Waals surface area contributed by atoms with Gasteiger partial charge in [0, 0.05) is 25.9 Å². The smallest absolute Gasteiger partial charge is 0.203 e. The molecule has 1 atom stereocenters. The van der Waals surface area contributed by atoms with Crippen molar-refractivity contribution in [3.05, 3.63) is 11.9 Å². The van der Waals surface area contributed by atoms with Crippen LogP contribution in [0.3, 0.4) is 0 Å². The molecule has 4 heteroatoms. The molecule has 0 aliphatic carbocycles. The van der Waals surface area contributed by atoms with Crippen LogP contribution in [0.2, 0.25) is 0 Å². The van der Waals surface area contributed by atoms with Gasteiger partial charge in [-0.15, -0.1) is 0 Å². The highest BCUT2D eigenvalue weighted by atomic mass is 16.5. The molecule has 0 aromatic carbocycles. The molecule has 0 aliphatic rings. The second kappa shape index (κ2) is 6.64. The van der Waals surface area contributed by atoms with Crippen molar-refractivity contribution in [3.8, 4) is 0 Å². The number of hydrogen-bond acceptors (Lipinski definition) is 3. The number of imidazole rings is 1. The molecule has 0 saturated carbocycles. The average molecular weight is 239 g/mol. The van der Waals surface area contributed by atoms with Crippen LogP contribution in [-0.2, 0) is 4.74 Å². The first-order valence-electron chi connectivity index (χ1n) is 6.38. The number of aryl methyl sites for hydroxylation is 1. The topological polar surface area (TPSA) is 39.1 Å². The second-order valence-corrected chi connectivity index (χ2v) is 4.75. The van der Waals surface area contributed by atoms with Crippen molar-refractivity contribution in [2.24, 2.45) is 5.92 Å². The molecular formula is C13H25N3O. The number of anilines is 1. The number of nitrogens with zero attached hydrogens (tertiary/aromatic N) is 2. The molecule has 17 heavy (non-hydrogen) atoms. The van der Waals surface area contributed by atoms with Crippen LogP contribution in [0, 0.1) is 12.8 Å². The maximum absolute atomic E-state index is 5.04. The highest BCUT2D eigenvalue weighted by Crippen LogP contribution is 2.25. The zero-order valence-corrected chi connectivity index (χ0v) is 11.7. The van der Waals surface area contributed by atoms with Gasteiger partial charge in [-0.3, -0.25) is 0 Å². The Morgan fingerprint density at radius 3 is 2.71 bits per heavy atom. The minimum Gasteiger partial charge on any atom is -0.383 e. The van der Waals surface area contributed by atoms with E-state index in [4.69, 9.17) is 4.74 Å². The van der Waals surface area contributed by atoms with E-state index in [-0.39, 0.29) is 0 Å². The van der Waals surface area contributed by atoms with Gasteiger partial charge >= 0.3 is 0 Å². The van der Waals surface area contributed by atoms with Crippen molar-refractivity contribution in [3.63, 3.8) is 0 Å². The van der Waals surface area contributed by atoms with Crippen LogP contribution in [-0.4, -0.2) is 29.8 Å². The quantitative estimate of drug-likeness (QED) is 0.744. The molecule has 1 rings (SSSR count). The van der Waals surface area contributed by atoms with Gasteiger partial charge in [-0.2, -0.15) is 0 Å². The Balaban J connectivity index is 2.82. The standard InChI is InChI=1S/C13H25N3O/c1-6-12(10(2)3)16-9-11(4)15-13(16)14-7-8-17-5/h9-10,12H,6-8H2,1-5H3,(H,14,15). The van der Waals surface area contributed by atoms with Crippen molar-refractivity contribution in [1.82, 2.24) is 9.55 Å². The molecule has 0 fully saturated rings. The van der Waals surface area contributed by atoms with Crippen molar-refractivity contribution >= 4 is 5.95 Å². The largest absolute Gasteiger partial charge is 0.383 e. The minimum absolute atomic E-state index is 0.501. The lowest BCUT2D eigenvalue weighted by atomic mass is 10.0. The van der Waals surface area contributed by atoms with Gasteiger partial charge in [-0.1, -0.05) is 20.8 Å². The van der Waals surface area contributed by atoms with Crippen molar-refractivity contribution < 1.29 is 4.74 Å². The van der Waals surface area contributed by atoms with Crippen LogP contribution in [0.4, 0.5) is 5.95 Å². The first kappa shape index (κ1) is 14.0. The molecule has 0 aliphatic heterocycles. The van der Waals surface area contributed by atoms with Gasteiger partial charge in [0.2, 0.25) is 5.95 Å². The minimum atomic E-state index is 0.501. The maximum Gasteiger partial charge on any atom is 0.203 e. The highest BCUT2D eigenvalue weighted by molar-refractivity contribution is 5.29. The maximum atomic E-state index is 5.04. The molecule has 0 bridgehead atoms. The molecule has 0 radical (unpaired) electrons. The summed E-state index contributed by atoms with van der Waals surface area (Å²) in [5.41, 5.74) is 1.06. The van der Waals surface area contributed by atoms with Gasteiger partial charge in [-0.05, 0) is 19.3 Å². The highest BCUT2D eigenvalue weighted by Gasteiger charge is 2.17. The molecule has 1 unspecified atom stereocenters. The zero-order chi connectivity index (χ0) is 12.8. The molecule has 1 heterocycles. The molecule has 1 aromatic rings. The van der Waals surface area contributed by atoms with Gasteiger partial charge in [0.05, 0.1) is 12.3 Å². The normalized spacial score (nSPS) is 13.1. The summed E-state index contributed by atoms with van der Waals surface area (Å²) in [6, 6.07) is 0.501. The van der Waals surface area contributed by atoms with Crippen molar-refractivity contribution in [2.45, 2.75) is 40.2 Å². The Kier molecular flexibility index (Phi) is 5.48. The SMILES string of the molecule is CCC(C(C)C)n1cc(C)nc1NCCOC. The first-order valence-corrected chi connectivity index (χ1v) is 6.38. The number of aromatic nitrogens is 2. The lowest BCUT2D eigenvalue weighted by molar-refractivity contribution is 0.210. The van der Waals surface area contributed by atoms with Crippen LogP contribution in [0.5, 0.6) is 0 Å². The summed E-state index contributed by atoms with van der Waals surface area (Å²) in [4.78, 5) is 4.53. The van der Waals surface area contributed by atoms with Crippen LogP contribution in [0.15, 0.2) is 6.20 Å². The molecule has 1 aromatic heterocycles. The average Bonchev–Trinajstić information content (AvgIpc) is 2.61. The number of rotatable bonds is 7. The van der Waals surface area contributed by atoms with Crippen LogP contribution in [0.1, 0.15) is 38.9 Å². The summed E-state index contributed by atoms with van der Waals surface area (Å²) in [7, 11) is 1.71. The summed E-state index contributed by atoms with van der Waals surface area (Å²) >= 11 is 0. The Hall–Kier alpha value is -1.03. The number of ether oxygens (including phenoxy) is 1. The predicted octanol–water partition coefficient (Wildman–Crippen LogP) is 2.86. The van der Waals surface area contributed by atoms with Crippen molar-refractivity contribution in [2.75, 3.05) is 25.6 Å². The Bertz CT molecular complexity index is 333. The summed E-state index contributed by atoms with van der Waals surface area (Å²) in [5.74, 6) is 1.57. The first-order chi connectivity index (χ1) is 8.10.